The van der Waals surface area contributed by atoms with Crippen molar-refractivity contribution >= 4 is 30.1 Å². The highest BCUT2D eigenvalue weighted by Crippen LogP contribution is 2.35. The molecule has 0 aliphatic carbocycles. The van der Waals surface area contributed by atoms with E-state index in [-0.39, 0.29) is 11.5 Å². The third-order valence-electron chi connectivity index (χ3n) is 6.74. The molecule has 12 heteroatoms. The number of esters is 4. The minimum Gasteiger partial charge on any atom is -0.504 e. The summed E-state index contributed by atoms with van der Waals surface area (Å²) in [6.45, 7) is 19.5. The Balaban J connectivity index is 2.74. The number of aliphatic imine (C=N–C) groups is 1. The number of benzene rings is 1. The maximum Gasteiger partial charge on any atom is 0.311 e. The fourth-order valence-corrected chi connectivity index (χ4v) is 3.77. The molecule has 0 saturated carbocycles. The topological polar surface area (TPSA) is 156 Å². The second kappa shape index (κ2) is 14.4. The number of rotatable bonds is 8. The molecule has 1 aliphatic rings. The zero-order chi connectivity index (χ0) is 35.4. The third kappa shape index (κ3) is 10.4. The molecule has 0 spiro atoms. The molecule has 2 rings (SSSR count). The van der Waals surface area contributed by atoms with Crippen molar-refractivity contribution in [2.45, 2.75) is 114 Å². The lowest BCUT2D eigenvalue weighted by Crippen LogP contribution is -2.63. The van der Waals surface area contributed by atoms with Crippen molar-refractivity contribution in [1.82, 2.24) is 0 Å². The van der Waals surface area contributed by atoms with Crippen LogP contribution in [-0.4, -0.2) is 79.6 Å². The molecule has 5 atom stereocenters. The van der Waals surface area contributed by atoms with Gasteiger partial charge in [-0.2, -0.15) is 0 Å². The Bertz CT molecular complexity index is 1290. The van der Waals surface area contributed by atoms with E-state index in [2.05, 4.69) is 4.99 Å². The molecule has 0 aromatic heterocycles. The van der Waals surface area contributed by atoms with Gasteiger partial charge < -0.3 is 33.5 Å². The van der Waals surface area contributed by atoms with E-state index in [9.17, 15) is 24.3 Å². The molecule has 0 bridgehead atoms. The Hall–Kier alpha value is -3.67. The zero-order valence-electron chi connectivity index (χ0n) is 29.4. The highest BCUT2D eigenvalue weighted by Gasteiger charge is 2.54. The normalized spacial score (nSPS) is 22.6. The molecule has 46 heavy (non-hydrogen) atoms. The van der Waals surface area contributed by atoms with Crippen molar-refractivity contribution in [3.05, 3.63) is 23.8 Å². The first-order valence-electron chi connectivity index (χ1n) is 15.2. The SMILES string of the molecule is COc1ccc(C=NC2OC(COC(=O)C(C)(C)C)C(OC(=O)C(C)(C)C)C(OC(=O)C(C)(C)C)C2OC(=O)C(C)(C)C)cc1O. The van der Waals surface area contributed by atoms with Gasteiger partial charge in [0.15, 0.2) is 36.0 Å². The average molecular weight is 650 g/mol. The number of carbonyl (C=O) groups is 4. The van der Waals surface area contributed by atoms with Crippen LogP contribution in [0, 0.1) is 21.7 Å². The van der Waals surface area contributed by atoms with E-state index < -0.39 is 82.8 Å². The standard InChI is InChI=1S/C34H51NO11/c1-31(2,3)27(37)42-18-22-23(44-28(38)32(4,5)6)24(45-29(39)33(7,8)9)25(46-30(40)34(10,11)12)26(43-22)35-17-19-14-15-21(41-13)20(36)16-19/h14-17,22-26,36H,18H2,1-13H3. The van der Waals surface area contributed by atoms with Gasteiger partial charge in [-0.1, -0.05) is 0 Å². The smallest absolute Gasteiger partial charge is 0.311 e. The maximum absolute atomic E-state index is 13.4. The van der Waals surface area contributed by atoms with Gasteiger partial charge in [0, 0.05) is 6.21 Å². The molecule has 1 aromatic rings. The van der Waals surface area contributed by atoms with E-state index in [0.29, 0.717) is 5.56 Å². The van der Waals surface area contributed by atoms with E-state index in [1.54, 1.807) is 95.2 Å². The molecule has 1 fully saturated rings. The first kappa shape index (κ1) is 38.5. The summed E-state index contributed by atoms with van der Waals surface area (Å²) in [5.41, 5.74) is -3.37. The summed E-state index contributed by atoms with van der Waals surface area (Å²) in [7, 11) is 1.42. The quantitative estimate of drug-likeness (QED) is 0.229. The first-order chi connectivity index (χ1) is 20.9. The van der Waals surface area contributed by atoms with Crippen LogP contribution in [0.4, 0.5) is 0 Å². The predicted molar refractivity (Wildman–Crippen MR) is 169 cm³/mol. The van der Waals surface area contributed by atoms with Crippen LogP contribution < -0.4 is 4.74 Å². The molecule has 1 saturated heterocycles. The Morgan fingerprint density at radius 1 is 0.739 bits per heavy atom. The number of phenolic OH excluding ortho intramolecular Hbond substituents is 1. The molecule has 1 heterocycles. The average Bonchev–Trinajstić information content (AvgIpc) is 2.90. The molecule has 1 N–H and O–H groups in total. The Morgan fingerprint density at radius 2 is 1.20 bits per heavy atom. The first-order valence-corrected chi connectivity index (χ1v) is 15.2. The van der Waals surface area contributed by atoms with Crippen LogP contribution in [-0.2, 0) is 42.9 Å². The van der Waals surface area contributed by atoms with Crippen LogP contribution in [0.1, 0.15) is 88.6 Å². The lowest BCUT2D eigenvalue weighted by atomic mass is 9.92. The van der Waals surface area contributed by atoms with Gasteiger partial charge in [0.25, 0.3) is 0 Å². The molecule has 0 radical (unpaired) electrons. The lowest BCUT2D eigenvalue weighted by molar-refractivity contribution is -0.258. The second-order valence-corrected chi connectivity index (χ2v) is 15.5. The minimum atomic E-state index is -1.41. The Labute approximate surface area is 272 Å². The van der Waals surface area contributed by atoms with Crippen molar-refractivity contribution in [2.24, 2.45) is 26.7 Å². The summed E-state index contributed by atoms with van der Waals surface area (Å²) in [6, 6.07) is 4.59. The molecule has 258 valence electrons. The third-order valence-corrected chi connectivity index (χ3v) is 6.74. The summed E-state index contributed by atoms with van der Waals surface area (Å²) in [5.74, 6) is -2.40. The molecule has 1 aliphatic heterocycles. The highest BCUT2D eigenvalue weighted by atomic mass is 16.7. The molecular formula is C34H51NO11. The zero-order valence-corrected chi connectivity index (χ0v) is 29.4. The monoisotopic (exact) mass is 649 g/mol. The number of phenols is 1. The van der Waals surface area contributed by atoms with Crippen molar-refractivity contribution in [2.75, 3.05) is 13.7 Å². The Morgan fingerprint density at radius 3 is 1.63 bits per heavy atom. The highest BCUT2D eigenvalue weighted by molar-refractivity contribution is 5.81. The number of ether oxygens (including phenoxy) is 6. The van der Waals surface area contributed by atoms with Crippen LogP contribution in [0.2, 0.25) is 0 Å². The molecule has 5 unspecified atom stereocenters. The summed E-state index contributed by atoms with van der Waals surface area (Å²) in [6.07, 6.45) is -5.30. The van der Waals surface area contributed by atoms with Gasteiger partial charge in [0.2, 0.25) is 0 Å². The van der Waals surface area contributed by atoms with Gasteiger partial charge in [0.1, 0.15) is 12.7 Å². The van der Waals surface area contributed by atoms with Crippen LogP contribution in [0.3, 0.4) is 0 Å². The number of carbonyl (C=O) groups excluding carboxylic acids is 4. The lowest BCUT2D eigenvalue weighted by Gasteiger charge is -2.45. The van der Waals surface area contributed by atoms with Gasteiger partial charge in [-0.05, 0) is 107 Å². The molecule has 1 aromatic carbocycles. The van der Waals surface area contributed by atoms with Gasteiger partial charge in [-0.25, -0.2) is 0 Å². The van der Waals surface area contributed by atoms with Crippen LogP contribution in [0.25, 0.3) is 0 Å². The summed E-state index contributed by atoms with van der Waals surface area (Å²) in [5, 5.41) is 10.3. The van der Waals surface area contributed by atoms with Gasteiger partial charge in [-0.15, -0.1) is 0 Å². The van der Waals surface area contributed by atoms with Crippen molar-refractivity contribution in [3.63, 3.8) is 0 Å². The fraction of sp³-hybridized carbons (Fsp3) is 0.676. The summed E-state index contributed by atoms with van der Waals surface area (Å²) < 4.78 is 34.9. The van der Waals surface area contributed by atoms with Crippen LogP contribution in [0.15, 0.2) is 23.2 Å². The number of aromatic hydroxyl groups is 1. The summed E-state index contributed by atoms with van der Waals surface area (Å²) in [4.78, 5) is 57.2. The van der Waals surface area contributed by atoms with E-state index >= 15 is 0 Å². The number of hydrogen-bond acceptors (Lipinski definition) is 12. The molecule has 0 amide bonds. The maximum atomic E-state index is 13.4. The number of hydrogen-bond donors (Lipinski definition) is 1. The van der Waals surface area contributed by atoms with Crippen molar-refractivity contribution in [3.8, 4) is 11.5 Å². The molecular weight excluding hydrogens is 598 g/mol. The molecule has 12 nitrogen and oxygen atoms in total. The van der Waals surface area contributed by atoms with Gasteiger partial charge >= 0.3 is 23.9 Å². The second-order valence-electron chi connectivity index (χ2n) is 15.5. The van der Waals surface area contributed by atoms with Crippen LogP contribution in [0.5, 0.6) is 11.5 Å². The van der Waals surface area contributed by atoms with E-state index in [1.807, 2.05) is 0 Å². The van der Waals surface area contributed by atoms with Crippen molar-refractivity contribution in [1.29, 1.82) is 0 Å². The van der Waals surface area contributed by atoms with Gasteiger partial charge in [0.05, 0.1) is 28.8 Å². The largest absolute Gasteiger partial charge is 0.504 e. The fourth-order valence-electron chi connectivity index (χ4n) is 3.77. The van der Waals surface area contributed by atoms with E-state index in [4.69, 9.17) is 28.4 Å². The van der Waals surface area contributed by atoms with E-state index in [0.717, 1.165) is 0 Å². The van der Waals surface area contributed by atoms with Gasteiger partial charge in [-0.3, -0.25) is 24.2 Å². The van der Waals surface area contributed by atoms with Crippen LogP contribution >= 0.6 is 0 Å². The number of methoxy groups -OCH3 is 1. The number of nitrogens with zero attached hydrogens (tertiary/aromatic N) is 1. The Kier molecular flexibility index (Phi) is 12.1. The van der Waals surface area contributed by atoms with Crippen molar-refractivity contribution < 1.29 is 52.7 Å². The van der Waals surface area contributed by atoms with E-state index in [1.165, 1.54) is 19.4 Å². The predicted octanol–water partition coefficient (Wildman–Crippen LogP) is 5.01. The minimum absolute atomic E-state index is 0.134. The summed E-state index contributed by atoms with van der Waals surface area (Å²) >= 11 is 0.